The van der Waals surface area contributed by atoms with Gasteiger partial charge < -0.3 is 9.55 Å². The number of Topliss-reactive ketones (excluding diaryl/α,β-unsaturated/α-hetero) is 1. The summed E-state index contributed by atoms with van der Waals surface area (Å²) < 4.78 is 29.2. The van der Waals surface area contributed by atoms with Gasteiger partial charge in [0, 0.05) is 42.3 Å². The molecule has 0 radical (unpaired) electrons. The Bertz CT molecular complexity index is 1390. The number of nitrogens with one attached hydrogen (secondary N) is 1. The molecule has 0 unspecified atom stereocenters. The van der Waals surface area contributed by atoms with E-state index in [0.717, 1.165) is 16.4 Å². The number of rotatable bonds is 9. The van der Waals surface area contributed by atoms with E-state index in [-0.39, 0.29) is 16.4 Å². The highest BCUT2D eigenvalue weighted by Gasteiger charge is 2.23. The molecule has 2 heterocycles. The Morgan fingerprint density at radius 3 is 2.59 bits per heavy atom. The van der Waals surface area contributed by atoms with Gasteiger partial charge in [0.15, 0.2) is 10.9 Å². The molecular formula is C23H26N4O3S2. The number of nitrogens with zero attached hydrogens (tertiary/aromatic N) is 3. The Hall–Kier alpha value is -2.62. The van der Waals surface area contributed by atoms with Gasteiger partial charge in [-0.25, -0.2) is 13.4 Å². The summed E-state index contributed by atoms with van der Waals surface area (Å²) in [7, 11) is -3.56. The fraction of sp³-hybridized carbons (Fsp3) is 0.304. The van der Waals surface area contributed by atoms with Crippen LogP contribution in [0.25, 0.3) is 21.9 Å². The number of sulfonamides is 1. The Labute approximate surface area is 191 Å². The van der Waals surface area contributed by atoms with E-state index in [0.29, 0.717) is 35.9 Å². The second kappa shape index (κ2) is 9.09. The van der Waals surface area contributed by atoms with Crippen molar-refractivity contribution in [2.75, 3.05) is 18.8 Å². The van der Waals surface area contributed by atoms with E-state index in [9.17, 15) is 13.2 Å². The number of carbonyl (C=O) groups excluding carboxylic acids is 1. The van der Waals surface area contributed by atoms with Crippen molar-refractivity contribution in [3.8, 4) is 0 Å². The SMILES string of the molecule is CCN(CC)S(=O)(=O)c1ccc2c(c1)nc(SCC(=O)c1c[nH]c3ccccc13)n2CC. The van der Waals surface area contributed by atoms with Crippen molar-refractivity contribution in [3.63, 3.8) is 0 Å². The quantitative estimate of drug-likeness (QED) is 0.287. The van der Waals surface area contributed by atoms with Crippen LogP contribution in [0.5, 0.6) is 0 Å². The third-order valence-corrected chi connectivity index (χ3v) is 8.59. The second-order valence-electron chi connectivity index (χ2n) is 7.34. The molecule has 0 saturated carbocycles. The molecule has 7 nitrogen and oxygen atoms in total. The first-order valence-corrected chi connectivity index (χ1v) is 13.1. The largest absolute Gasteiger partial charge is 0.360 e. The molecule has 0 spiro atoms. The molecular weight excluding hydrogens is 444 g/mol. The highest BCUT2D eigenvalue weighted by molar-refractivity contribution is 7.99. The molecule has 9 heteroatoms. The standard InChI is InChI=1S/C23H26N4O3S2/c1-4-26(5-2)32(29,30)16-11-12-21-20(13-16)25-23(27(21)6-3)31-15-22(28)18-14-24-19-10-8-7-9-17(18)19/h7-14,24H,4-6,15H2,1-3H3. The topological polar surface area (TPSA) is 88.1 Å². The van der Waals surface area contributed by atoms with Gasteiger partial charge in [-0.05, 0) is 31.2 Å². The van der Waals surface area contributed by atoms with Crippen LogP contribution in [-0.4, -0.2) is 51.9 Å². The molecule has 0 saturated heterocycles. The van der Waals surface area contributed by atoms with Gasteiger partial charge in [-0.2, -0.15) is 4.31 Å². The number of hydrogen-bond acceptors (Lipinski definition) is 5. The zero-order chi connectivity index (χ0) is 22.9. The number of fused-ring (bicyclic) bond motifs is 2. The summed E-state index contributed by atoms with van der Waals surface area (Å²) in [5.41, 5.74) is 3.07. The molecule has 0 aliphatic rings. The second-order valence-corrected chi connectivity index (χ2v) is 10.2. The lowest BCUT2D eigenvalue weighted by Crippen LogP contribution is -2.30. The third kappa shape index (κ3) is 3.96. The number of H-pyrrole nitrogens is 1. The summed E-state index contributed by atoms with van der Waals surface area (Å²) in [6, 6.07) is 12.8. The summed E-state index contributed by atoms with van der Waals surface area (Å²) in [5.74, 6) is 0.266. The lowest BCUT2D eigenvalue weighted by Gasteiger charge is -2.18. The van der Waals surface area contributed by atoms with Gasteiger partial charge in [0.1, 0.15) is 0 Å². The first-order valence-electron chi connectivity index (χ1n) is 10.6. The predicted molar refractivity (Wildman–Crippen MR) is 129 cm³/mol. The number of hydrogen-bond donors (Lipinski definition) is 1. The summed E-state index contributed by atoms with van der Waals surface area (Å²) >= 11 is 1.37. The predicted octanol–water partition coefficient (Wildman–Crippen LogP) is 4.54. The van der Waals surface area contributed by atoms with E-state index in [1.165, 1.54) is 16.1 Å². The molecule has 168 valence electrons. The number of aryl methyl sites for hydroxylation is 1. The average molecular weight is 471 g/mol. The zero-order valence-corrected chi connectivity index (χ0v) is 20.0. The van der Waals surface area contributed by atoms with Crippen molar-refractivity contribution in [2.45, 2.75) is 37.4 Å². The minimum Gasteiger partial charge on any atom is -0.360 e. The van der Waals surface area contributed by atoms with Crippen molar-refractivity contribution in [1.82, 2.24) is 18.8 Å². The van der Waals surface area contributed by atoms with Crippen molar-refractivity contribution < 1.29 is 13.2 Å². The minimum atomic E-state index is -3.56. The van der Waals surface area contributed by atoms with Gasteiger partial charge in [0.05, 0.1) is 21.7 Å². The van der Waals surface area contributed by atoms with Crippen molar-refractivity contribution >= 4 is 49.5 Å². The van der Waals surface area contributed by atoms with Crippen LogP contribution in [0.4, 0.5) is 0 Å². The van der Waals surface area contributed by atoms with Crippen LogP contribution >= 0.6 is 11.8 Å². The van der Waals surface area contributed by atoms with Crippen LogP contribution in [0.1, 0.15) is 31.1 Å². The highest BCUT2D eigenvalue weighted by atomic mass is 32.2. The van der Waals surface area contributed by atoms with Crippen molar-refractivity contribution in [2.24, 2.45) is 0 Å². The van der Waals surface area contributed by atoms with Crippen LogP contribution < -0.4 is 0 Å². The van der Waals surface area contributed by atoms with Gasteiger partial charge in [-0.1, -0.05) is 43.8 Å². The molecule has 32 heavy (non-hydrogen) atoms. The maximum absolute atomic E-state index is 12.9. The van der Waals surface area contributed by atoms with E-state index in [2.05, 4.69) is 9.97 Å². The molecule has 0 amide bonds. The highest BCUT2D eigenvalue weighted by Crippen LogP contribution is 2.28. The number of aromatic amines is 1. The lowest BCUT2D eigenvalue weighted by atomic mass is 10.1. The zero-order valence-electron chi connectivity index (χ0n) is 18.3. The Kier molecular flexibility index (Phi) is 6.41. The summed E-state index contributed by atoms with van der Waals surface area (Å²) in [4.78, 5) is 20.9. The molecule has 2 aromatic carbocycles. The Morgan fingerprint density at radius 2 is 1.88 bits per heavy atom. The normalized spacial score (nSPS) is 12.2. The Balaban J connectivity index is 1.62. The lowest BCUT2D eigenvalue weighted by molar-refractivity contribution is 0.102. The van der Waals surface area contributed by atoms with Gasteiger partial charge in [-0.15, -0.1) is 0 Å². The maximum Gasteiger partial charge on any atom is 0.243 e. The van der Waals surface area contributed by atoms with Crippen LogP contribution in [0.3, 0.4) is 0 Å². The number of thioether (sulfide) groups is 1. The molecule has 4 aromatic rings. The number of ketones is 1. The maximum atomic E-state index is 12.9. The third-order valence-electron chi connectivity index (χ3n) is 5.57. The van der Waals surface area contributed by atoms with Crippen LogP contribution in [0, 0.1) is 0 Å². The summed E-state index contributed by atoms with van der Waals surface area (Å²) in [6.45, 7) is 7.15. The fourth-order valence-corrected chi connectivity index (χ4v) is 6.33. The molecule has 0 aliphatic carbocycles. The van der Waals surface area contributed by atoms with Crippen LogP contribution in [0.2, 0.25) is 0 Å². The summed E-state index contributed by atoms with van der Waals surface area (Å²) in [5, 5.41) is 1.61. The van der Waals surface area contributed by atoms with Crippen LogP contribution in [-0.2, 0) is 16.6 Å². The number of imidazole rings is 1. The monoisotopic (exact) mass is 470 g/mol. The number of carbonyl (C=O) groups is 1. The average Bonchev–Trinajstić information content (AvgIpc) is 3.38. The number of para-hydroxylation sites is 1. The van der Waals surface area contributed by atoms with Gasteiger partial charge >= 0.3 is 0 Å². The van der Waals surface area contributed by atoms with E-state index in [4.69, 9.17) is 0 Å². The summed E-state index contributed by atoms with van der Waals surface area (Å²) in [6.07, 6.45) is 1.75. The van der Waals surface area contributed by atoms with Gasteiger partial charge in [-0.3, -0.25) is 4.79 Å². The molecule has 0 atom stereocenters. The van der Waals surface area contributed by atoms with E-state index in [1.807, 2.05) is 49.6 Å². The van der Waals surface area contributed by atoms with E-state index < -0.39 is 10.0 Å². The van der Waals surface area contributed by atoms with Crippen molar-refractivity contribution in [3.05, 3.63) is 54.2 Å². The number of benzene rings is 2. The van der Waals surface area contributed by atoms with Crippen LogP contribution in [0.15, 0.2) is 58.7 Å². The molecule has 4 rings (SSSR count). The number of aromatic nitrogens is 3. The van der Waals surface area contributed by atoms with E-state index >= 15 is 0 Å². The van der Waals surface area contributed by atoms with E-state index in [1.54, 1.807) is 24.4 Å². The fourth-order valence-electron chi connectivity index (χ4n) is 3.89. The van der Waals surface area contributed by atoms with Gasteiger partial charge in [0.2, 0.25) is 10.0 Å². The van der Waals surface area contributed by atoms with Gasteiger partial charge in [0.25, 0.3) is 0 Å². The first-order chi connectivity index (χ1) is 15.4. The molecule has 0 aliphatic heterocycles. The molecule has 2 aromatic heterocycles. The molecule has 0 fully saturated rings. The Morgan fingerprint density at radius 1 is 1.12 bits per heavy atom. The molecule has 1 N–H and O–H groups in total. The first kappa shape index (κ1) is 22.6. The smallest absolute Gasteiger partial charge is 0.243 e. The minimum absolute atomic E-state index is 0.0203. The molecule has 0 bridgehead atoms. The van der Waals surface area contributed by atoms with Crippen molar-refractivity contribution in [1.29, 1.82) is 0 Å².